The van der Waals surface area contributed by atoms with Gasteiger partial charge in [-0.1, -0.05) is 39.0 Å². The Hall–Kier alpha value is -1.06. The molecule has 1 aliphatic rings. The molecule has 17 heavy (non-hydrogen) atoms. The van der Waals surface area contributed by atoms with E-state index in [0.29, 0.717) is 0 Å². The van der Waals surface area contributed by atoms with Gasteiger partial charge in [-0.15, -0.1) is 0 Å². The zero-order chi connectivity index (χ0) is 12.6. The lowest BCUT2D eigenvalue weighted by Gasteiger charge is -2.21. The van der Waals surface area contributed by atoms with E-state index in [1.165, 1.54) is 11.1 Å². The molecule has 2 rings (SSSR count). The molecule has 2 atom stereocenters. The van der Waals surface area contributed by atoms with Gasteiger partial charge in [0, 0.05) is 5.56 Å². The van der Waals surface area contributed by atoms with Crippen LogP contribution in [0.2, 0.25) is 0 Å². The van der Waals surface area contributed by atoms with Crippen LogP contribution >= 0.6 is 0 Å². The van der Waals surface area contributed by atoms with E-state index in [-0.39, 0.29) is 17.6 Å². The number of hydroxylamine groups is 1. The van der Waals surface area contributed by atoms with Crippen molar-refractivity contribution in [2.75, 3.05) is 7.11 Å². The number of para-hydroxylation sites is 1. The summed E-state index contributed by atoms with van der Waals surface area (Å²) in [6.45, 7) is 8.66. The summed E-state index contributed by atoms with van der Waals surface area (Å²) in [4.78, 5) is 5.05. The summed E-state index contributed by atoms with van der Waals surface area (Å²) in [6, 6.07) is 6.44. The van der Waals surface area contributed by atoms with Crippen molar-refractivity contribution in [3.8, 4) is 5.75 Å². The fourth-order valence-electron chi connectivity index (χ4n) is 2.31. The minimum Gasteiger partial charge on any atom is -0.488 e. The second-order valence-electron chi connectivity index (χ2n) is 5.60. The Morgan fingerprint density at radius 2 is 2.00 bits per heavy atom. The summed E-state index contributed by atoms with van der Waals surface area (Å²) in [6.07, 6.45) is 0.0912. The van der Waals surface area contributed by atoms with Crippen molar-refractivity contribution < 1.29 is 9.57 Å². The molecule has 3 heteroatoms. The number of hydrogen-bond acceptors (Lipinski definition) is 3. The molecule has 0 fully saturated rings. The quantitative estimate of drug-likeness (QED) is 0.799. The van der Waals surface area contributed by atoms with Crippen LogP contribution < -0.4 is 10.2 Å². The van der Waals surface area contributed by atoms with Crippen LogP contribution in [0, 0.1) is 0 Å². The summed E-state index contributed by atoms with van der Waals surface area (Å²) >= 11 is 0. The highest BCUT2D eigenvalue weighted by Gasteiger charge is 2.35. The van der Waals surface area contributed by atoms with Crippen LogP contribution in [0.3, 0.4) is 0 Å². The zero-order valence-electron chi connectivity index (χ0n) is 11.2. The van der Waals surface area contributed by atoms with Crippen LogP contribution in [0.4, 0.5) is 0 Å². The lowest BCUT2D eigenvalue weighted by atomic mass is 9.85. The highest BCUT2D eigenvalue weighted by Crippen LogP contribution is 2.43. The molecule has 0 aliphatic carbocycles. The highest BCUT2D eigenvalue weighted by atomic mass is 16.6. The number of hydrogen-bond donors (Lipinski definition) is 1. The van der Waals surface area contributed by atoms with E-state index in [9.17, 15) is 0 Å². The van der Waals surface area contributed by atoms with Crippen molar-refractivity contribution in [1.82, 2.24) is 5.48 Å². The molecular weight excluding hydrogens is 214 g/mol. The van der Waals surface area contributed by atoms with E-state index in [4.69, 9.17) is 9.57 Å². The Balaban J connectivity index is 2.45. The van der Waals surface area contributed by atoms with E-state index in [2.05, 4.69) is 51.4 Å². The molecular formula is C14H21NO2. The maximum atomic E-state index is 5.99. The maximum absolute atomic E-state index is 5.99. The lowest BCUT2D eigenvalue weighted by molar-refractivity contribution is 0.0337. The van der Waals surface area contributed by atoms with E-state index in [1.54, 1.807) is 7.11 Å². The molecule has 2 unspecified atom stereocenters. The summed E-state index contributed by atoms with van der Waals surface area (Å²) in [7, 11) is 1.64. The number of ether oxygens (including phenoxy) is 1. The van der Waals surface area contributed by atoms with Crippen LogP contribution in [0.15, 0.2) is 18.2 Å². The fraction of sp³-hybridized carbons (Fsp3) is 0.571. The van der Waals surface area contributed by atoms with Crippen LogP contribution in [0.25, 0.3) is 0 Å². The molecule has 1 heterocycles. The zero-order valence-corrected chi connectivity index (χ0v) is 11.2. The monoisotopic (exact) mass is 235 g/mol. The van der Waals surface area contributed by atoms with Crippen molar-refractivity contribution in [2.45, 2.75) is 45.3 Å². The van der Waals surface area contributed by atoms with E-state index in [0.717, 1.165) is 5.75 Å². The summed E-state index contributed by atoms with van der Waals surface area (Å²) in [5, 5.41) is 0. The Morgan fingerprint density at radius 3 is 2.59 bits per heavy atom. The van der Waals surface area contributed by atoms with Crippen molar-refractivity contribution in [1.29, 1.82) is 0 Å². The first kappa shape index (κ1) is 12.4. The van der Waals surface area contributed by atoms with Crippen molar-refractivity contribution in [3.63, 3.8) is 0 Å². The standard InChI is InChI=1S/C14H21NO2/c1-9-12(15-16-5)10-7-6-8-11(13(10)17-9)14(2,3)4/h6-9,12,15H,1-5H3. The average Bonchev–Trinajstić information content (AvgIpc) is 2.54. The van der Waals surface area contributed by atoms with Gasteiger partial charge in [0.05, 0.1) is 13.2 Å². The maximum Gasteiger partial charge on any atom is 0.128 e. The topological polar surface area (TPSA) is 30.5 Å². The summed E-state index contributed by atoms with van der Waals surface area (Å²) in [5.74, 6) is 1.02. The van der Waals surface area contributed by atoms with Crippen molar-refractivity contribution >= 4 is 0 Å². The van der Waals surface area contributed by atoms with Crippen LogP contribution in [0.1, 0.15) is 44.9 Å². The first-order chi connectivity index (χ1) is 7.95. The normalized spacial score (nSPS) is 23.4. The predicted octanol–water partition coefficient (Wildman–Crippen LogP) is 2.96. The Labute approximate surface area is 103 Å². The van der Waals surface area contributed by atoms with E-state index >= 15 is 0 Å². The van der Waals surface area contributed by atoms with Crippen molar-refractivity contribution in [3.05, 3.63) is 29.3 Å². The molecule has 0 saturated heterocycles. The Bertz CT molecular complexity index is 409. The fourth-order valence-corrected chi connectivity index (χ4v) is 2.31. The molecule has 0 amide bonds. The molecule has 3 nitrogen and oxygen atoms in total. The van der Waals surface area contributed by atoms with Crippen LogP contribution in [-0.4, -0.2) is 13.2 Å². The summed E-state index contributed by atoms with van der Waals surface area (Å²) in [5.41, 5.74) is 5.53. The Kier molecular flexibility index (Phi) is 3.15. The molecule has 1 aromatic rings. The molecule has 1 N–H and O–H groups in total. The van der Waals surface area contributed by atoms with Crippen LogP contribution in [-0.2, 0) is 10.3 Å². The smallest absolute Gasteiger partial charge is 0.128 e. The third-order valence-corrected chi connectivity index (χ3v) is 3.21. The first-order valence-electron chi connectivity index (χ1n) is 6.03. The first-order valence-corrected chi connectivity index (χ1v) is 6.03. The molecule has 1 aromatic carbocycles. The molecule has 0 spiro atoms. The van der Waals surface area contributed by atoms with Gasteiger partial charge in [0.25, 0.3) is 0 Å². The van der Waals surface area contributed by atoms with Gasteiger partial charge < -0.3 is 9.57 Å². The van der Waals surface area contributed by atoms with Crippen LogP contribution in [0.5, 0.6) is 5.75 Å². The minimum atomic E-state index is 0.0903. The van der Waals surface area contributed by atoms with Gasteiger partial charge in [-0.05, 0) is 17.9 Å². The SMILES string of the molecule is CONC1c2cccc(C(C)(C)C)c2OC1C. The van der Waals surface area contributed by atoms with E-state index in [1.807, 2.05) is 0 Å². The van der Waals surface area contributed by atoms with E-state index < -0.39 is 0 Å². The highest BCUT2D eigenvalue weighted by molar-refractivity contribution is 5.49. The molecule has 0 aromatic heterocycles. The molecule has 0 bridgehead atoms. The Morgan fingerprint density at radius 1 is 1.29 bits per heavy atom. The van der Waals surface area contributed by atoms with Gasteiger partial charge in [-0.2, -0.15) is 5.48 Å². The molecule has 1 aliphatic heterocycles. The third kappa shape index (κ3) is 2.17. The number of fused-ring (bicyclic) bond motifs is 1. The van der Waals surface area contributed by atoms with Gasteiger partial charge in [0.1, 0.15) is 11.9 Å². The van der Waals surface area contributed by atoms with Gasteiger partial charge in [0.2, 0.25) is 0 Å². The second-order valence-corrected chi connectivity index (χ2v) is 5.60. The van der Waals surface area contributed by atoms with Gasteiger partial charge in [0.15, 0.2) is 0 Å². The van der Waals surface area contributed by atoms with Crippen molar-refractivity contribution in [2.24, 2.45) is 0 Å². The predicted molar refractivity (Wildman–Crippen MR) is 68.1 cm³/mol. The second kappa shape index (κ2) is 4.31. The summed E-state index contributed by atoms with van der Waals surface area (Å²) < 4.78 is 5.99. The molecule has 94 valence electrons. The number of benzene rings is 1. The van der Waals surface area contributed by atoms with Gasteiger partial charge in [-0.25, -0.2) is 0 Å². The third-order valence-electron chi connectivity index (χ3n) is 3.21. The largest absolute Gasteiger partial charge is 0.488 e. The molecule has 0 saturated carbocycles. The number of nitrogens with one attached hydrogen (secondary N) is 1. The van der Waals surface area contributed by atoms with Gasteiger partial charge >= 0.3 is 0 Å². The van der Waals surface area contributed by atoms with Gasteiger partial charge in [-0.3, -0.25) is 0 Å². The number of rotatable bonds is 2. The minimum absolute atomic E-state index is 0.0903. The molecule has 0 radical (unpaired) electrons. The lowest BCUT2D eigenvalue weighted by Crippen LogP contribution is -2.27. The average molecular weight is 235 g/mol.